The Morgan fingerprint density at radius 1 is 0.333 bits per heavy atom. The first-order valence-electron chi connectivity index (χ1n) is 17.1. The van der Waals surface area contributed by atoms with Gasteiger partial charge in [0.25, 0.3) is 0 Å². The van der Waals surface area contributed by atoms with Crippen molar-refractivity contribution in [1.29, 1.82) is 0 Å². The Balaban J connectivity index is 1.28. The van der Waals surface area contributed by atoms with Crippen molar-refractivity contribution in [1.82, 2.24) is 15.0 Å². The van der Waals surface area contributed by atoms with E-state index in [1.165, 1.54) is 21.9 Å². The Morgan fingerprint density at radius 2 is 0.804 bits per heavy atom. The van der Waals surface area contributed by atoms with Gasteiger partial charge in [0, 0.05) is 21.9 Å². The third-order valence-electron chi connectivity index (χ3n) is 9.73. The van der Waals surface area contributed by atoms with Crippen molar-refractivity contribution in [2.24, 2.45) is 0 Å². The lowest BCUT2D eigenvalue weighted by Crippen LogP contribution is -2.00. The molecule has 0 radical (unpaired) electrons. The number of furan rings is 1. The number of hydrogen-bond donors (Lipinski definition) is 0. The molecule has 0 N–H and O–H groups in total. The van der Waals surface area contributed by atoms with Crippen molar-refractivity contribution in [2.75, 3.05) is 0 Å². The summed E-state index contributed by atoms with van der Waals surface area (Å²) < 4.78 is 6.90. The van der Waals surface area contributed by atoms with E-state index in [0.717, 1.165) is 60.5 Å². The first kappa shape index (κ1) is 29.0. The van der Waals surface area contributed by atoms with E-state index in [-0.39, 0.29) is 0 Å². The van der Waals surface area contributed by atoms with Crippen molar-refractivity contribution in [3.63, 3.8) is 0 Å². The lowest BCUT2D eigenvalue weighted by Gasteiger charge is -2.14. The Labute approximate surface area is 294 Å². The summed E-state index contributed by atoms with van der Waals surface area (Å²) in [4.78, 5) is 15.1. The van der Waals surface area contributed by atoms with Crippen molar-refractivity contribution < 1.29 is 4.42 Å². The Bertz CT molecular complexity index is 2840. The average molecular weight is 652 g/mol. The molecule has 238 valence electrons. The second-order valence-corrected chi connectivity index (χ2v) is 12.8. The van der Waals surface area contributed by atoms with Gasteiger partial charge in [-0.1, -0.05) is 158 Å². The van der Waals surface area contributed by atoms with Crippen LogP contribution in [-0.2, 0) is 0 Å². The predicted octanol–water partition coefficient (Wildman–Crippen LogP) is 12.4. The molecule has 0 aliphatic rings. The van der Waals surface area contributed by atoms with Crippen molar-refractivity contribution in [3.05, 3.63) is 176 Å². The zero-order chi connectivity index (χ0) is 33.7. The van der Waals surface area contributed by atoms with Crippen LogP contribution in [-0.4, -0.2) is 15.0 Å². The van der Waals surface area contributed by atoms with Crippen LogP contribution >= 0.6 is 0 Å². The van der Waals surface area contributed by atoms with E-state index >= 15 is 0 Å². The van der Waals surface area contributed by atoms with Crippen LogP contribution in [0.3, 0.4) is 0 Å². The molecular weight excluding hydrogens is 623 g/mol. The molecular formula is C47H29N3O. The fourth-order valence-electron chi connectivity index (χ4n) is 7.30. The van der Waals surface area contributed by atoms with E-state index < -0.39 is 0 Å². The van der Waals surface area contributed by atoms with Gasteiger partial charge in [-0.05, 0) is 62.0 Å². The molecule has 10 rings (SSSR count). The van der Waals surface area contributed by atoms with E-state index in [0.29, 0.717) is 17.5 Å². The molecule has 0 saturated carbocycles. The molecule has 0 aliphatic heterocycles. The Kier molecular flexibility index (Phi) is 6.78. The highest BCUT2D eigenvalue weighted by Crippen LogP contribution is 2.45. The minimum Gasteiger partial charge on any atom is -0.455 e. The second kappa shape index (κ2) is 11.9. The molecule has 8 aromatic carbocycles. The van der Waals surface area contributed by atoms with Gasteiger partial charge in [-0.15, -0.1) is 0 Å². The molecule has 2 aromatic heterocycles. The normalized spacial score (nSPS) is 11.5. The van der Waals surface area contributed by atoms with E-state index in [4.69, 9.17) is 19.4 Å². The van der Waals surface area contributed by atoms with Crippen LogP contribution in [0.1, 0.15) is 0 Å². The van der Waals surface area contributed by atoms with Gasteiger partial charge < -0.3 is 4.42 Å². The maximum Gasteiger partial charge on any atom is 0.167 e. The summed E-state index contributed by atoms with van der Waals surface area (Å²) in [7, 11) is 0. The summed E-state index contributed by atoms with van der Waals surface area (Å²) in [6.45, 7) is 0. The lowest BCUT2D eigenvalue weighted by molar-refractivity contribution is 0.670. The summed E-state index contributed by atoms with van der Waals surface area (Å²) in [5.74, 6) is 1.79. The molecule has 4 heteroatoms. The van der Waals surface area contributed by atoms with Gasteiger partial charge in [0.05, 0.1) is 5.56 Å². The number of rotatable bonds is 5. The highest BCUT2D eigenvalue weighted by atomic mass is 16.3. The van der Waals surface area contributed by atoms with Crippen LogP contribution in [0.5, 0.6) is 0 Å². The standard InChI is InChI=1S/C47H29N3O/c1-4-14-30(15-5-1)35-24-25-38(37-23-13-12-22-36(35)37)39-26-27-40(44-43(39)41-28-33-20-10-11-21-34(33)29-42(41)51-44)47-49-45(31-16-6-2-7-17-31)48-46(50-47)32-18-8-3-9-19-32/h1-29H. The lowest BCUT2D eigenvalue weighted by atomic mass is 9.89. The van der Waals surface area contributed by atoms with Crippen molar-refractivity contribution in [3.8, 4) is 56.4 Å². The van der Waals surface area contributed by atoms with Crippen LogP contribution in [0.15, 0.2) is 180 Å². The molecule has 10 aromatic rings. The van der Waals surface area contributed by atoms with E-state index in [1.54, 1.807) is 0 Å². The maximum absolute atomic E-state index is 6.90. The van der Waals surface area contributed by atoms with Gasteiger partial charge in [0.2, 0.25) is 0 Å². The number of nitrogens with zero attached hydrogens (tertiary/aromatic N) is 3. The largest absolute Gasteiger partial charge is 0.455 e. The third kappa shape index (κ3) is 4.96. The zero-order valence-electron chi connectivity index (χ0n) is 27.5. The van der Waals surface area contributed by atoms with Crippen molar-refractivity contribution in [2.45, 2.75) is 0 Å². The number of benzene rings is 8. The molecule has 0 unspecified atom stereocenters. The molecule has 2 heterocycles. The topological polar surface area (TPSA) is 51.8 Å². The minimum absolute atomic E-state index is 0.562. The molecule has 0 aliphatic carbocycles. The number of hydrogen-bond acceptors (Lipinski definition) is 4. The van der Waals surface area contributed by atoms with Gasteiger partial charge in [-0.25, -0.2) is 15.0 Å². The van der Waals surface area contributed by atoms with Crippen LogP contribution in [0.2, 0.25) is 0 Å². The molecule has 0 amide bonds. The van der Waals surface area contributed by atoms with Gasteiger partial charge in [0.15, 0.2) is 17.5 Å². The molecule has 0 spiro atoms. The first-order valence-corrected chi connectivity index (χ1v) is 17.1. The monoisotopic (exact) mass is 651 g/mol. The minimum atomic E-state index is 0.562. The second-order valence-electron chi connectivity index (χ2n) is 12.8. The van der Waals surface area contributed by atoms with E-state index in [2.05, 4.69) is 115 Å². The molecule has 4 nitrogen and oxygen atoms in total. The van der Waals surface area contributed by atoms with Gasteiger partial charge in [0.1, 0.15) is 11.2 Å². The average Bonchev–Trinajstić information content (AvgIpc) is 3.58. The van der Waals surface area contributed by atoms with Crippen LogP contribution in [0.4, 0.5) is 0 Å². The van der Waals surface area contributed by atoms with Crippen LogP contribution < -0.4 is 0 Å². The first-order chi connectivity index (χ1) is 25.3. The smallest absolute Gasteiger partial charge is 0.167 e. The Hall–Kier alpha value is -6.91. The quantitative estimate of drug-likeness (QED) is 0.186. The zero-order valence-corrected chi connectivity index (χ0v) is 27.5. The molecule has 0 atom stereocenters. The number of fused-ring (bicyclic) bond motifs is 5. The Morgan fingerprint density at radius 3 is 1.45 bits per heavy atom. The summed E-state index contributed by atoms with van der Waals surface area (Å²) in [6, 6.07) is 61.1. The molecule has 51 heavy (non-hydrogen) atoms. The maximum atomic E-state index is 6.90. The van der Waals surface area contributed by atoms with Gasteiger partial charge >= 0.3 is 0 Å². The van der Waals surface area contributed by atoms with Crippen molar-refractivity contribution >= 4 is 43.5 Å². The molecule has 0 bridgehead atoms. The highest BCUT2D eigenvalue weighted by Gasteiger charge is 2.22. The fourth-order valence-corrected chi connectivity index (χ4v) is 7.30. The summed E-state index contributed by atoms with van der Waals surface area (Å²) in [6.07, 6.45) is 0. The van der Waals surface area contributed by atoms with E-state index in [1.807, 2.05) is 60.7 Å². The molecule has 0 saturated heterocycles. The SMILES string of the molecule is c1ccc(-c2nc(-c3ccccc3)nc(-c3ccc(-c4ccc(-c5ccccc5)c5ccccc45)c4c3oc3cc5ccccc5cc34)n2)cc1. The highest BCUT2D eigenvalue weighted by molar-refractivity contribution is 6.20. The summed E-state index contributed by atoms with van der Waals surface area (Å²) in [5, 5.41) is 6.76. The third-order valence-corrected chi connectivity index (χ3v) is 9.73. The van der Waals surface area contributed by atoms with E-state index in [9.17, 15) is 0 Å². The van der Waals surface area contributed by atoms with Gasteiger partial charge in [-0.3, -0.25) is 0 Å². The van der Waals surface area contributed by atoms with Crippen LogP contribution in [0.25, 0.3) is 99.9 Å². The predicted molar refractivity (Wildman–Crippen MR) is 209 cm³/mol. The fraction of sp³-hybridized carbons (Fsp3) is 0. The number of aromatic nitrogens is 3. The van der Waals surface area contributed by atoms with Gasteiger partial charge in [-0.2, -0.15) is 0 Å². The summed E-state index contributed by atoms with van der Waals surface area (Å²) >= 11 is 0. The molecule has 0 fully saturated rings. The summed E-state index contributed by atoms with van der Waals surface area (Å²) in [5.41, 5.74) is 8.87. The van der Waals surface area contributed by atoms with Crippen LogP contribution in [0, 0.1) is 0 Å².